The highest BCUT2D eigenvalue weighted by molar-refractivity contribution is 5.78. The van der Waals surface area contributed by atoms with Gasteiger partial charge in [-0.25, -0.2) is 0 Å². The molecule has 1 atom stereocenters. The smallest absolute Gasteiger partial charge is 0.222 e. The molecule has 1 unspecified atom stereocenters. The van der Waals surface area contributed by atoms with Gasteiger partial charge in [-0.05, 0) is 31.8 Å². The van der Waals surface area contributed by atoms with Gasteiger partial charge in [0.1, 0.15) is 0 Å². The van der Waals surface area contributed by atoms with Crippen LogP contribution in [-0.2, 0) is 4.79 Å². The largest absolute Gasteiger partial charge is 0.342 e. The van der Waals surface area contributed by atoms with Crippen LogP contribution < -0.4 is 5.32 Å². The molecule has 1 rings (SSSR count). The van der Waals surface area contributed by atoms with E-state index in [2.05, 4.69) is 19.2 Å². The van der Waals surface area contributed by atoms with Crippen LogP contribution in [0.15, 0.2) is 0 Å². The Labute approximate surface area is 93.2 Å². The van der Waals surface area contributed by atoms with Gasteiger partial charge in [-0.3, -0.25) is 4.79 Å². The van der Waals surface area contributed by atoms with Crippen molar-refractivity contribution in [2.24, 2.45) is 5.92 Å². The van der Waals surface area contributed by atoms with Gasteiger partial charge in [-0.15, -0.1) is 0 Å². The maximum Gasteiger partial charge on any atom is 0.222 e. The van der Waals surface area contributed by atoms with Crippen molar-refractivity contribution in [1.29, 1.82) is 0 Å². The van der Waals surface area contributed by atoms with Gasteiger partial charge in [-0.1, -0.05) is 20.3 Å². The second-order valence-corrected chi connectivity index (χ2v) is 4.42. The summed E-state index contributed by atoms with van der Waals surface area (Å²) in [6.07, 6.45) is 4.18. The predicted molar refractivity (Wildman–Crippen MR) is 62.8 cm³/mol. The summed E-state index contributed by atoms with van der Waals surface area (Å²) in [7, 11) is 0. The molecule has 1 fully saturated rings. The predicted octanol–water partition coefficient (Wildman–Crippen LogP) is 1.63. The minimum Gasteiger partial charge on any atom is -0.342 e. The lowest BCUT2D eigenvalue weighted by Gasteiger charge is -2.16. The van der Waals surface area contributed by atoms with E-state index in [0.717, 1.165) is 45.4 Å². The standard InChI is InChI=1S/C12H24N2O/c1-3-6-13-7-5-8-14-10-11(4-2)9-12(14)15/h11,13H,3-10H2,1-2H3. The molecule has 88 valence electrons. The average molecular weight is 212 g/mol. The van der Waals surface area contributed by atoms with Gasteiger partial charge in [-0.2, -0.15) is 0 Å². The van der Waals surface area contributed by atoms with Gasteiger partial charge < -0.3 is 10.2 Å². The highest BCUT2D eigenvalue weighted by Crippen LogP contribution is 2.20. The zero-order valence-electron chi connectivity index (χ0n) is 10.1. The molecule has 0 saturated carbocycles. The SMILES string of the molecule is CCCNCCCN1CC(CC)CC1=O. The Morgan fingerprint density at radius 1 is 1.40 bits per heavy atom. The average Bonchev–Trinajstić information content (AvgIpc) is 2.59. The third-order valence-corrected chi connectivity index (χ3v) is 3.08. The number of carbonyl (C=O) groups is 1. The lowest BCUT2D eigenvalue weighted by molar-refractivity contribution is -0.127. The van der Waals surface area contributed by atoms with Crippen LogP contribution in [0.3, 0.4) is 0 Å². The molecule has 0 aromatic heterocycles. The molecule has 1 aliphatic rings. The Morgan fingerprint density at radius 2 is 2.20 bits per heavy atom. The molecule has 3 nitrogen and oxygen atoms in total. The molecule has 1 N–H and O–H groups in total. The van der Waals surface area contributed by atoms with Crippen molar-refractivity contribution < 1.29 is 4.79 Å². The van der Waals surface area contributed by atoms with Gasteiger partial charge in [0.25, 0.3) is 0 Å². The van der Waals surface area contributed by atoms with Gasteiger partial charge in [0.15, 0.2) is 0 Å². The maximum absolute atomic E-state index is 11.6. The van der Waals surface area contributed by atoms with Crippen LogP contribution in [0.1, 0.15) is 39.5 Å². The van der Waals surface area contributed by atoms with Crippen molar-refractivity contribution in [3.63, 3.8) is 0 Å². The van der Waals surface area contributed by atoms with Gasteiger partial charge in [0.05, 0.1) is 0 Å². The van der Waals surface area contributed by atoms with Crippen LogP contribution in [0.4, 0.5) is 0 Å². The van der Waals surface area contributed by atoms with Crippen LogP contribution in [0.5, 0.6) is 0 Å². The van der Waals surface area contributed by atoms with E-state index >= 15 is 0 Å². The van der Waals surface area contributed by atoms with E-state index in [1.807, 2.05) is 4.90 Å². The summed E-state index contributed by atoms with van der Waals surface area (Å²) in [6, 6.07) is 0. The summed E-state index contributed by atoms with van der Waals surface area (Å²) in [4.78, 5) is 13.6. The summed E-state index contributed by atoms with van der Waals surface area (Å²) in [5.41, 5.74) is 0. The first-order valence-electron chi connectivity index (χ1n) is 6.26. The number of rotatable bonds is 7. The molecular formula is C12H24N2O. The summed E-state index contributed by atoms with van der Waals surface area (Å²) < 4.78 is 0. The number of amides is 1. The maximum atomic E-state index is 11.6. The van der Waals surface area contributed by atoms with E-state index in [4.69, 9.17) is 0 Å². The van der Waals surface area contributed by atoms with E-state index in [1.165, 1.54) is 6.42 Å². The minimum atomic E-state index is 0.359. The van der Waals surface area contributed by atoms with Crippen molar-refractivity contribution in [3.05, 3.63) is 0 Å². The van der Waals surface area contributed by atoms with Crippen LogP contribution >= 0.6 is 0 Å². The molecule has 1 heterocycles. The first-order chi connectivity index (χ1) is 7.27. The van der Waals surface area contributed by atoms with Crippen molar-refractivity contribution >= 4 is 5.91 Å². The fourth-order valence-electron chi connectivity index (χ4n) is 2.04. The highest BCUT2D eigenvalue weighted by Gasteiger charge is 2.27. The molecule has 1 aliphatic heterocycles. The van der Waals surface area contributed by atoms with Crippen LogP contribution in [0.25, 0.3) is 0 Å². The van der Waals surface area contributed by atoms with E-state index < -0.39 is 0 Å². The molecule has 1 saturated heterocycles. The highest BCUT2D eigenvalue weighted by atomic mass is 16.2. The lowest BCUT2D eigenvalue weighted by Crippen LogP contribution is -2.29. The topological polar surface area (TPSA) is 32.3 Å². The number of hydrogen-bond donors (Lipinski definition) is 1. The monoisotopic (exact) mass is 212 g/mol. The van der Waals surface area contributed by atoms with Crippen molar-refractivity contribution in [2.75, 3.05) is 26.2 Å². The Bertz CT molecular complexity index is 194. The van der Waals surface area contributed by atoms with Crippen molar-refractivity contribution in [3.8, 4) is 0 Å². The number of nitrogens with zero attached hydrogens (tertiary/aromatic N) is 1. The molecule has 0 aromatic carbocycles. The quantitative estimate of drug-likeness (QED) is 0.651. The molecule has 0 aliphatic carbocycles. The summed E-state index contributed by atoms with van der Waals surface area (Å²) >= 11 is 0. The molecule has 15 heavy (non-hydrogen) atoms. The second-order valence-electron chi connectivity index (χ2n) is 4.42. The zero-order chi connectivity index (χ0) is 11.1. The normalized spacial score (nSPS) is 21.3. The molecule has 0 aromatic rings. The van der Waals surface area contributed by atoms with Crippen LogP contribution in [0.2, 0.25) is 0 Å². The Morgan fingerprint density at radius 3 is 2.80 bits per heavy atom. The number of hydrogen-bond acceptors (Lipinski definition) is 2. The Hall–Kier alpha value is -0.570. The zero-order valence-corrected chi connectivity index (χ0v) is 10.1. The molecule has 3 heteroatoms. The lowest BCUT2D eigenvalue weighted by atomic mass is 10.1. The molecule has 0 spiro atoms. The van der Waals surface area contributed by atoms with Gasteiger partial charge in [0.2, 0.25) is 5.91 Å². The number of carbonyl (C=O) groups excluding carboxylic acids is 1. The van der Waals surface area contributed by atoms with Crippen molar-refractivity contribution in [1.82, 2.24) is 10.2 Å². The first kappa shape index (κ1) is 12.5. The first-order valence-corrected chi connectivity index (χ1v) is 6.26. The fraction of sp³-hybridized carbons (Fsp3) is 0.917. The minimum absolute atomic E-state index is 0.359. The third-order valence-electron chi connectivity index (χ3n) is 3.08. The van der Waals surface area contributed by atoms with E-state index in [1.54, 1.807) is 0 Å². The van der Waals surface area contributed by atoms with E-state index in [0.29, 0.717) is 11.8 Å². The van der Waals surface area contributed by atoms with Gasteiger partial charge >= 0.3 is 0 Å². The Kier molecular flexibility index (Phi) is 5.69. The third kappa shape index (κ3) is 4.20. The Balaban J connectivity index is 2.08. The van der Waals surface area contributed by atoms with E-state index in [-0.39, 0.29) is 0 Å². The molecule has 0 bridgehead atoms. The fourth-order valence-corrected chi connectivity index (χ4v) is 2.04. The van der Waals surface area contributed by atoms with Crippen molar-refractivity contribution in [2.45, 2.75) is 39.5 Å². The summed E-state index contributed by atoms with van der Waals surface area (Å²) in [6.45, 7) is 8.39. The number of likely N-dealkylation sites (tertiary alicyclic amines) is 1. The van der Waals surface area contributed by atoms with E-state index in [9.17, 15) is 4.79 Å². The molecule has 1 amide bonds. The summed E-state index contributed by atoms with van der Waals surface area (Å²) in [5.74, 6) is 0.971. The second kappa shape index (κ2) is 6.83. The molecular weight excluding hydrogens is 188 g/mol. The number of nitrogens with one attached hydrogen (secondary N) is 1. The molecule has 0 radical (unpaired) electrons. The van der Waals surface area contributed by atoms with Crippen LogP contribution in [0, 0.1) is 5.92 Å². The summed E-state index contributed by atoms with van der Waals surface area (Å²) in [5, 5.41) is 3.36. The van der Waals surface area contributed by atoms with Gasteiger partial charge in [0, 0.05) is 19.5 Å². The van der Waals surface area contributed by atoms with Crippen LogP contribution in [-0.4, -0.2) is 37.0 Å².